The van der Waals surface area contributed by atoms with E-state index in [9.17, 15) is 0 Å². The first-order chi connectivity index (χ1) is 17.3. The van der Waals surface area contributed by atoms with Crippen molar-refractivity contribution in [2.45, 2.75) is 105 Å². The molecule has 3 rings (SSSR count). The molecule has 0 radical (unpaired) electrons. The molecule has 0 N–H and O–H groups in total. The molecule has 0 fully saturated rings. The molecule has 0 saturated heterocycles. The van der Waals surface area contributed by atoms with Gasteiger partial charge in [-0.1, -0.05) is 119 Å². The van der Waals surface area contributed by atoms with Crippen molar-refractivity contribution in [3.63, 3.8) is 0 Å². The van der Waals surface area contributed by atoms with Crippen molar-refractivity contribution >= 4 is 23.8 Å². The van der Waals surface area contributed by atoms with Crippen LogP contribution in [0.3, 0.4) is 0 Å². The Bertz CT molecular complexity index is 1140. The van der Waals surface area contributed by atoms with Gasteiger partial charge in [-0.25, -0.2) is 0 Å². The summed E-state index contributed by atoms with van der Waals surface area (Å²) in [5, 5.41) is 0. The molecule has 0 aliphatic rings. The van der Waals surface area contributed by atoms with Crippen LogP contribution >= 0.6 is 0 Å². The number of benzene rings is 3. The molecule has 0 aliphatic heterocycles. The molecule has 202 valence electrons. The minimum absolute atomic E-state index is 0.0759. The van der Waals surface area contributed by atoms with E-state index in [4.69, 9.17) is 9.98 Å². The van der Waals surface area contributed by atoms with E-state index < -0.39 is 0 Å². The van der Waals surface area contributed by atoms with Crippen LogP contribution in [0.2, 0.25) is 0 Å². The number of nitrogens with zero attached hydrogens (tertiary/aromatic N) is 2. The fraction of sp³-hybridized carbons (Fsp3) is 0.444. The van der Waals surface area contributed by atoms with E-state index in [-0.39, 0.29) is 21.7 Å². The maximum absolute atomic E-state index is 4.85. The summed E-state index contributed by atoms with van der Waals surface area (Å²) in [5.41, 5.74) is 9.71. The molecule has 0 saturated carbocycles. The van der Waals surface area contributed by atoms with E-state index in [1.807, 2.05) is 12.4 Å². The standard InChI is InChI=1S/C36H48N2/c1-33(2,3)27-17-28(34(4,5)6)20-31(19-27)37-23-25-13-15-26(16-14-25)24-38-32-21-29(35(7,8)9)18-30(22-32)36(10,11)12/h13-24H,1-12H3. The lowest BCUT2D eigenvalue weighted by Crippen LogP contribution is -2.16. The predicted octanol–water partition coefficient (Wildman–Crippen LogP) is 10.4. The van der Waals surface area contributed by atoms with Gasteiger partial charge in [-0.15, -0.1) is 0 Å². The van der Waals surface area contributed by atoms with Crippen molar-refractivity contribution in [2.24, 2.45) is 9.98 Å². The van der Waals surface area contributed by atoms with Gasteiger partial charge in [0.1, 0.15) is 0 Å². The van der Waals surface area contributed by atoms with Gasteiger partial charge in [0.2, 0.25) is 0 Å². The van der Waals surface area contributed by atoms with E-state index in [0.29, 0.717) is 0 Å². The molecule has 0 heterocycles. The van der Waals surface area contributed by atoms with Crippen LogP contribution in [0.25, 0.3) is 0 Å². The van der Waals surface area contributed by atoms with E-state index >= 15 is 0 Å². The van der Waals surface area contributed by atoms with Crippen LogP contribution in [0.4, 0.5) is 11.4 Å². The van der Waals surface area contributed by atoms with Gasteiger partial charge in [-0.05, 0) is 79.3 Å². The summed E-state index contributed by atoms with van der Waals surface area (Å²) in [7, 11) is 0. The Morgan fingerprint density at radius 3 is 0.842 bits per heavy atom. The maximum Gasteiger partial charge on any atom is 0.0635 e. The van der Waals surface area contributed by atoms with E-state index in [1.165, 1.54) is 22.3 Å². The third kappa shape index (κ3) is 8.00. The van der Waals surface area contributed by atoms with Crippen molar-refractivity contribution in [3.8, 4) is 0 Å². The molecule has 0 atom stereocenters. The Hall–Kier alpha value is -3.00. The predicted molar refractivity (Wildman–Crippen MR) is 169 cm³/mol. The first kappa shape index (κ1) is 29.6. The molecule has 0 aliphatic carbocycles. The second-order valence-corrected chi connectivity index (χ2v) is 14.7. The summed E-state index contributed by atoms with van der Waals surface area (Å²) in [6.45, 7) is 27.1. The zero-order valence-corrected chi connectivity index (χ0v) is 25.8. The van der Waals surface area contributed by atoms with Crippen LogP contribution in [0.5, 0.6) is 0 Å². The van der Waals surface area contributed by atoms with Gasteiger partial charge in [0.05, 0.1) is 11.4 Å². The van der Waals surface area contributed by atoms with Crippen molar-refractivity contribution in [2.75, 3.05) is 0 Å². The van der Waals surface area contributed by atoms with E-state index in [0.717, 1.165) is 22.5 Å². The van der Waals surface area contributed by atoms with Gasteiger partial charge < -0.3 is 0 Å². The minimum atomic E-state index is 0.0759. The molecule has 0 bridgehead atoms. The van der Waals surface area contributed by atoms with Crippen LogP contribution in [0, 0.1) is 0 Å². The average Bonchev–Trinajstić information content (AvgIpc) is 2.79. The Morgan fingerprint density at radius 2 is 0.632 bits per heavy atom. The van der Waals surface area contributed by atoms with Crippen molar-refractivity contribution in [1.29, 1.82) is 0 Å². The summed E-state index contributed by atoms with van der Waals surface area (Å²) in [5.74, 6) is 0. The van der Waals surface area contributed by atoms with Crippen molar-refractivity contribution in [1.82, 2.24) is 0 Å². The Balaban J connectivity index is 1.85. The summed E-state index contributed by atoms with van der Waals surface area (Å²) in [4.78, 5) is 9.71. The van der Waals surface area contributed by atoms with Gasteiger partial charge >= 0.3 is 0 Å². The molecule has 0 unspecified atom stereocenters. The fourth-order valence-corrected chi connectivity index (χ4v) is 4.07. The first-order valence-electron chi connectivity index (χ1n) is 13.8. The second kappa shape index (κ2) is 10.6. The molecular weight excluding hydrogens is 460 g/mol. The molecule has 0 amide bonds. The van der Waals surface area contributed by atoms with Crippen molar-refractivity contribution < 1.29 is 0 Å². The van der Waals surface area contributed by atoms with Gasteiger partial charge in [0, 0.05) is 12.4 Å². The third-order valence-electron chi connectivity index (χ3n) is 6.96. The highest BCUT2D eigenvalue weighted by Crippen LogP contribution is 2.34. The zero-order chi connectivity index (χ0) is 28.5. The minimum Gasteiger partial charge on any atom is -0.256 e. The summed E-state index contributed by atoms with van der Waals surface area (Å²) in [6, 6.07) is 21.9. The quantitative estimate of drug-likeness (QED) is 0.313. The van der Waals surface area contributed by atoms with Crippen LogP contribution in [0.15, 0.2) is 70.6 Å². The lowest BCUT2D eigenvalue weighted by atomic mass is 9.80. The molecule has 2 nitrogen and oxygen atoms in total. The van der Waals surface area contributed by atoms with Gasteiger partial charge in [-0.3, -0.25) is 9.98 Å². The second-order valence-electron chi connectivity index (χ2n) is 14.7. The van der Waals surface area contributed by atoms with Crippen LogP contribution in [-0.2, 0) is 21.7 Å². The maximum atomic E-state index is 4.85. The van der Waals surface area contributed by atoms with Gasteiger partial charge in [0.15, 0.2) is 0 Å². The SMILES string of the molecule is CC(C)(C)c1cc(N=Cc2ccc(C=Nc3cc(C(C)(C)C)cc(C(C)(C)C)c3)cc2)cc(C(C)(C)C)c1. The largest absolute Gasteiger partial charge is 0.256 e. The number of rotatable bonds is 4. The fourth-order valence-electron chi connectivity index (χ4n) is 4.07. The molecular formula is C36H48N2. The smallest absolute Gasteiger partial charge is 0.0635 e. The number of hydrogen-bond donors (Lipinski definition) is 0. The summed E-state index contributed by atoms with van der Waals surface area (Å²) in [6.07, 6.45) is 3.91. The molecule has 38 heavy (non-hydrogen) atoms. The highest BCUT2D eigenvalue weighted by atomic mass is 14.7. The Labute approximate surface area is 232 Å². The van der Waals surface area contributed by atoms with Gasteiger partial charge in [0.25, 0.3) is 0 Å². The lowest BCUT2D eigenvalue weighted by molar-refractivity contribution is 0.568. The summed E-state index contributed by atoms with van der Waals surface area (Å²) >= 11 is 0. The molecule has 0 aromatic heterocycles. The number of hydrogen-bond acceptors (Lipinski definition) is 2. The summed E-state index contributed by atoms with van der Waals surface area (Å²) < 4.78 is 0. The van der Waals surface area contributed by atoms with Crippen LogP contribution in [-0.4, -0.2) is 12.4 Å². The Morgan fingerprint density at radius 1 is 0.395 bits per heavy atom. The highest BCUT2D eigenvalue weighted by Gasteiger charge is 2.21. The molecule has 3 aromatic rings. The van der Waals surface area contributed by atoms with Gasteiger partial charge in [-0.2, -0.15) is 0 Å². The normalized spacial score (nSPS) is 13.6. The van der Waals surface area contributed by atoms with Crippen molar-refractivity contribution in [3.05, 3.63) is 94.0 Å². The molecule has 3 aromatic carbocycles. The first-order valence-corrected chi connectivity index (χ1v) is 13.8. The number of aliphatic imine (C=N–C) groups is 2. The monoisotopic (exact) mass is 508 g/mol. The van der Waals surface area contributed by atoms with Crippen LogP contribution in [0.1, 0.15) is 116 Å². The van der Waals surface area contributed by atoms with E-state index in [2.05, 4.69) is 144 Å². The van der Waals surface area contributed by atoms with E-state index in [1.54, 1.807) is 0 Å². The highest BCUT2D eigenvalue weighted by molar-refractivity contribution is 5.86. The lowest BCUT2D eigenvalue weighted by Gasteiger charge is -2.25. The van der Waals surface area contributed by atoms with Crippen LogP contribution < -0.4 is 0 Å². The third-order valence-corrected chi connectivity index (χ3v) is 6.96. The topological polar surface area (TPSA) is 24.7 Å². The molecule has 0 spiro atoms. The molecule has 2 heteroatoms. The zero-order valence-electron chi connectivity index (χ0n) is 25.8. The Kier molecular flexibility index (Phi) is 8.27. The average molecular weight is 509 g/mol.